The van der Waals surface area contributed by atoms with Crippen LogP contribution in [0, 0.1) is 0 Å². The summed E-state index contributed by atoms with van der Waals surface area (Å²) in [5.41, 5.74) is 2.68. The lowest BCUT2D eigenvalue weighted by molar-refractivity contribution is -0.0645. The number of carbonyl (C=O) groups is 2. The van der Waals surface area contributed by atoms with Gasteiger partial charge in [-0.2, -0.15) is 0 Å². The lowest BCUT2D eigenvalue weighted by Crippen LogP contribution is -2.44. The first-order chi connectivity index (χ1) is 21.7. The molecule has 13 heteroatoms. The molecule has 2 aliphatic rings. The van der Waals surface area contributed by atoms with Crippen LogP contribution in [0.15, 0.2) is 42.2 Å². The van der Waals surface area contributed by atoms with Crippen molar-refractivity contribution in [3.05, 3.63) is 64.4 Å². The maximum absolute atomic E-state index is 12.7. The van der Waals surface area contributed by atoms with Crippen LogP contribution in [-0.2, 0) is 18.0 Å². The molecule has 2 aromatic carbocycles. The minimum atomic E-state index is -0.0844. The van der Waals surface area contributed by atoms with Crippen LogP contribution in [-0.4, -0.2) is 109 Å². The summed E-state index contributed by atoms with van der Waals surface area (Å²) in [6.07, 6.45) is 4.75. The summed E-state index contributed by atoms with van der Waals surface area (Å²) in [7, 11) is 0. The number of hydrogen-bond donors (Lipinski definition) is 4. The minimum Gasteiger partial charge on any atom is -0.392 e. The van der Waals surface area contributed by atoms with Crippen LogP contribution in [0.2, 0.25) is 0 Å². The lowest BCUT2D eigenvalue weighted by atomic mass is 10.0. The van der Waals surface area contributed by atoms with Crippen LogP contribution >= 0.6 is 63.7 Å². The fourth-order valence-corrected chi connectivity index (χ4v) is 7.89. The second kappa shape index (κ2) is 18.8. The standard InChI is InChI=1S/C32H42Br4N4O5/c33-27-15-25(29(35)13-21(27)19-41)31(43)17-37-5-11-39-7-1-23(2-8-39)45-24-3-9-40(10-4-24)12-6-38-18-32(44)26-16-28(34)22(20-42)14-30(26)36/h13-16,23-24,37-38,41-42H,1-12,17-20H2. The van der Waals surface area contributed by atoms with E-state index in [1.807, 2.05) is 0 Å². The maximum atomic E-state index is 12.7. The predicted molar refractivity (Wildman–Crippen MR) is 190 cm³/mol. The van der Waals surface area contributed by atoms with Gasteiger partial charge in [0, 0.05) is 81.4 Å². The molecule has 45 heavy (non-hydrogen) atoms. The van der Waals surface area contributed by atoms with Gasteiger partial charge >= 0.3 is 0 Å². The number of hydrogen-bond acceptors (Lipinski definition) is 9. The second-order valence-corrected chi connectivity index (χ2v) is 15.0. The topological polar surface area (TPSA) is 114 Å². The summed E-state index contributed by atoms with van der Waals surface area (Å²) in [4.78, 5) is 30.2. The first-order valence-corrected chi connectivity index (χ1v) is 18.6. The SMILES string of the molecule is O=C(CNCCN1CCC(OC2CCN(CCNCC(=O)c3cc(Br)c(CO)cc3Br)CC2)CC1)c1cc(Br)c(CO)cc1Br. The third-order valence-electron chi connectivity index (χ3n) is 8.45. The minimum absolute atomic E-state index is 0.0140. The van der Waals surface area contributed by atoms with E-state index in [1.165, 1.54) is 0 Å². The highest BCUT2D eigenvalue weighted by Crippen LogP contribution is 2.28. The summed E-state index contributed by atoms with van der Waals surface area (Å²) < 4.78 is 9.35. The van der Waals surface area contributed by atoms with Crippen LogP contribution in [0.1, 0.15) is 57.5 Å². The number of ketones is 2. The number of piperidine rings is 2. The lowest BCUT2D eigenvalue weighted by Gasteiger charge is -2.37. The van der Waals surface area contributed by atoms with Gasteiger partial charge in [-0.1, -0.05) is 63.7 Å². The van der Waals surface area contributed by atoms with E-state index in [-0.39, 0.29) is 37.9 Å². The zero-order chi connectivity index (χ0) is 32.3. The molecule has 2 aromatic rings. The van der Waals surface area contributed by atoms with Gasteiger partial charge in [-0.25, -0.2) is 0 Å². The zero-order valence-electron chi connectivity index (χ0n) is 25.3. The van der Waals surface area contributed by atoms with Gasteiger partial charge in [-0.3, -0.25) is 9.59 Å². The Kier molecular flexibility index (Phi) is 15.6. The Bertz CT molecular complexity index is 1200. The molecule has 2 saturated heterocycles. The highest BCUT2D eigenvalue weighted by atomic mass is 79.9. The number of benzene rings is 2. The summed E-state index contributed by atoms with van der Waals surface area (Å²) >= 11 is 13.7. The third-order valence-corrected chi connectivity index (χ3v) is 11.2. The van der Waals surface area contributed by atoms with Crippen LogP contribution in [0.3, 0.4) is 0 Å². The molecular weight excluding hydrogens is 840 g/mol. The largest absolute Gasteiger partial charge is 0.392 e. The van der Waals surface area contributed by atoms with E-state index in [4.69, 9.17) is 4.74 Å². The summed E-state index contributed by atoms with van der Waals surface area (Å²) in [6.45, 7) is 7.69. The van der Waals surface area contributed by atoms with Crippen molar-refractivity contribution in [1.82, 2.24) is 20.4 Å². The summed E-state index contributed by atoms with van der Waals surface area (Å²) in [5, 5.41) is 25.3. The fraction of sp³-hybridized carbons (Fsp3) is 0.562. The van der Waals surface area contributed by atoms with Gasteiger partial charge in [0.05, 0.1) is 38.5 Å². The van der Waals surface area contributed by atoms with E-state index >= 15 is 0 Å². The number of nitrogens with zero attached hydrogens (tertiary/aromatic N) is 2. The summed E-state index contributed by atoms with van der Waals surface area (Å²) in [5.74, 6) is 0.0279. The average Bonchev–Trinajstić information content (AvgIpc) is 3.04. The van der Waals surface area contributed by atoms with Gasteiger partial charge < -0.3 is 35.4 Å². The van der Waals surface area contributed by atoms with Gasteiger partial charge in [0.25, 0.3) is 0 Å². The first kappa shape index (κ1) is 37.2. The van der Waals surface area contributed by atoms with Gasteiger partial charge in [-0.05, 0) is 61.1 Å². The van der Waals surface area contributed by atoms with Gasteiger partial charge in [0.15, 0.2) is 11.6 Å². The molecule has 0 aromatic heterocycles. The molecule has 0 atom stereocenters. The second-order valence-electron chi connectivity index (χ2n) is 11.6. The number of Topliss-reactive ketones (excluding diaryl/α,β-unsaturated/α-hetero) is 2. The Morgan fingerprint density at radius 1 is 0.667 bits per heavy atom. The molecule has 2 aliphatic heterocycles. The molecule has 0 bridgehead atoms. The molecule has 0 spiro atoms. The predicted octanol–water partition coefficient (Wildman–Crippen LogP) is 4.91. The van der Waals surface area contributed by atoms with Crippen molar-refractivity contribution in [2.75, 3.05) is 65.4 Å². The molecule has 0 radical (unpaired) electrons. The number of carbonyl (C=O) groups excluding carboxylic acids is 2. The normalized spacial score (nSPS) is 17.2. The first-order valence-electron chi connectivity index (χ1n) is 15.4. The Morgan fingerprint density at radius 2 is 1.04 bits per heavy atom. The highest BCUT2D eigenvalue weighted by Gasteiger charge is 2.26. The Hall–Kier alpha value is -0.580. The molecule has 0 aliphatic carbocycles. The van der Waals surface area contributed by atoms with Crippen molar-refractivity contribution < 1.29 is 24.5 Å². The molecule has 0 unspecified atom stereocenters. The Morgan fingerprint density at radius 3 is 1.40 bits per heavy atom. The number of likely N-dealkylation sites (tertiary alicyclic amines) is 2. The van der Waals surface area contributed by atoms with Crippen LogP contribution < -0.4 is 10.6 Å². The van der Waals surface area contributed by atoms with Crippen molar-refractivity contribution >= 4 is 75.3 Å². The fourth-order valence-electron chi connectivity index (χ4n) is 5.72. The molecule has 9 nitrogen and oxygen atoms in total. The molecule has 2 heterocycles. The number of halogens is 4. The molecule has 0 saturated carbocycles. The molecule has 2 fully saturated rings. The van der Waals surface area contributed by atoms with Crippen LogP contribution in [0.4, 0.5) is 0 Å². The Balaban J connectivity index is 1.04. The van der Waals surface area contributed by atoms with E-state index in [0.29, 0.717) is 32.3 Å². The van der Waals surface area contributed by atoms with Crippen molar-refractivity contribution in [2.24, 2.45) is 0 Å². The van der Waals surface area contributed by atoms with E-state index in [1.54, 1.807) is 24.3 Å². The van der Waals surface area contributed by atoms with E-state index < -0.39 is 0 Å². The molecular formula is C32H42Br4N4O5. The number of aliphatic hydroxyl groups is 2. The average molecular weight is 882 g/mol. The maximum Gasteiger partial charge on any atom is 0.177 e. The van der Waals surface area contributed by atoms with E-state index in [9.17, 15) is 19.8 Å². The van der Waals surface area contributed by atoms with Crippen LogP contribution in [0.5, 0.6) is 0 Å². The third kappa shape index (κ3) is 11.2. The van der Waals surface area contributed by atoms with Gasteiger partial charge in [-0.15, -0.1) is 0 Å². The van der Waals surface area contributed by atoms with Crippen molar-refractivity contribution in [2.45, 2.75) is 51.1 Å². The van der Waals surface area contributed by atoms with Crippen molar-refractivity contribution in [3.8, 4) is 0 Å². The van der Waals surface area contributed by atoms with Crippen LogP contribution in [0.25, 0.3) is 0 Å². The zero-order valence-corrected chi connectivity index (χ0v) is 31.6. The van der Waals surface area contributed by atoms with E-state index in [2.05, 4.69) is 84.2 Å². The van der Waals surface area contributed by atoms with Crippen molar-refractivity contribution in [1.29, 1.82) is 0 Å². The number of aliphatic hydroxyl groups excluding tert-OH is 2. The van der Waals surface area contributed by atoms with E-state index in [0.717, 1.165) is 98.1 Å². The van der Waals surface area contributed by atoms with Gasteiger partial charge in [0.2, 0.25) is 0 Å². The molecule has 248 valence electrons. The summed E-state index contributed by atoms with van der Waals surface area (Å²) in [6, 6.07) is 7.08. The molecule has 4 rings (SSSR count). The Labute approximate surface area is 299 Å². The number of rotatable bonds is 16. The highest BCUT2D eigenvalue weighted by molar-refractivity contribution is 9.11. The molecule has 0 amide bonds. The smallest absolute Gasteiger partial charge is 0.177 e. The quantitative estimate of drug-likeness (QED) is 0.138. The number of nitrogens with one attached hydrogen (secondary N) is 2. The number of ether oxygens (including phenoxy) is 1. The van der Waals surface area contributed by atoms with Crippen molar-refractivity contribution in [3.63, 3.8) is 0 Å². The molecule has 4 N–H and O–H groups in total. The monoisotopic (exact) mass is 878 g/mol. The van der Waals surface area contributed by atoms with Gasteiger partial charge in [0.1, 0.15) is 0 Å².